The third-order valence-electron chi connectivity index (χ3n) is 4.90. The number of H-pyrrole nitrogens is 1. The van der Waals surface area contributed by atoms with Crippen molar-refractivity contribution in [2.24, 2.45) is 0 Å². The third-order valence-corrected chi connectivity index (χ3v) is 4.90. The molecule has 0 spiro atoms. The summed E-state index contributed by atoms with van der Waals surface area (Å²) in [7, 11) is 0. The van der Waals surface area contributed by atoms with Gasteiger partial charge in [0.05, 0.1) is 0 Å². The van der Waals surface area contributed by atoms with E-state index in [2.05, 4.69) is 33.5 Å². The van der Waals surface area contributed by atoms with Gasteiger partial charge in [-0.05, 0) is 49.2 Å². The van der Waals surface area contributed by atoms with Crippen molar-refractivity contribution in [1.29, 1.82) is 0 Å². The molecule has 0 aliphatic carbocycles. The normalized spacial score (nSPS) is 10.8. The summed E-state index contributed by atoms with van der Waals surface area (Å²) in [6.07, 6.45) is 2.74. The Hall–Kier alpha value is -3.67. The van der Waals surface area contributed by atoms with Crippen LogP contribution in [-0.2, 0) is 6.42 Å². The Balaban J connectivity index is 1.38. The van der Waals surface area contributed by atoms with Crippen LogP contribution in [0.5, 0.6) is 0 Å². The summed E-state index contributed by atoms with van der Waals surface area (Å²) in [5.41, 5.74) is 3.65. The van der Waals surface area contributed by atoms with E-state index in [1.807, 2.05) is 65.7 Å². The van der Waals surface area contributed by atoms with Gasteiger partial charge in [-0.15, -0.1) is 10.2 Å². The molecule has 2 aromatic heterocycles. The highest BCUT2D eigenvalue weighted by atomic mass is 16.1. The van der Waals surface area contributed by atoms with Crippen LogP contribution in [-0.4, -0.2) is 34.2 Å². The molecule has 2 aromatic carbocycles. The van der Waals surface area contributed by atoms with E-state index in [0.29, 0.717) is 18.1 Å². The third kappa shape index (κ3) is 4.11. The molecule has 0 unspecified atom stereocenters. The van der Waals surface area contributed by atoms with E-state index in [-0.39, 0.29) is 5.91 Å². The van der Waals surface area contributed by atoms with E-state index in [9.17, 15) is 4.79 Å². The summed E-state index contributed by atoms with van der Waals surface area (Å²) in [5.74, 6) is 0.501. The second-order valence-corrected chi connectivity index (χ2v) is 6.72. The van der Waals surface area contributed by atoms with Crippen LogP contribution in [0, 0.1) is 0 Å². The van der Waals surface area contributed by atoms with Crippen molar-refractivity contribution in [3.63, 3.8) is 0 Å². The Morgan fingerprint density at radius 2 is 1.79 bits per heavy atom. The SMILES string of the molecule is CCN(c1ccccc1)c1ccc(C(=O)NCCc2c[nH]c3ccccc23)nn1. The Kier molecular flexibility index (Phi) is 5.52. The topological polar surface area (TPSA) is 73.9 Å². The first-order valence-corrected chi connectivity index (χ1v) is 9.76. The summed E-state index contributed by atoms with van der Waals surface area (Å²) >= 11 is 0. The minimum absolute atomic E-state index is 0.216. The lowest BCUT2D eigenvalue weighted by molar-refractivity contribution is 0.0948. The predicted molar refractivity (Wildman–Crippen MR) is 115 cm³/mol. The van der Waals surface area contributed by atoms with Gasteiger partial charge >= 0.3 is 0 Å². The summed E-state index contributed by atoms with van der Waals surface area (Å²) < 4.78 is 0. The fraction of sp³-hybridized carbons (Fsp3) is 0.174. The van der Waals surface area contributed by atoms with Crippen LogP contribution < -0.4 is 10.2 Å². The fourth-order valence-electron chi connectivity index (χ4n) is 3.41. The molecule has 2 N–H and O–H groups in total. The molecule has 29 heavy (non-hydrogen) atoms. The fourth-order valence-corrected chi connectivity index (χ4v) is 3.41. The minimum atomic E-state index is -0.216. The number of hydrogen-bond acceptors (Lipinski definition) is 4. The number of aromatic amines is 1. The molecule has 6 nitrogen and oxygen atoms in total. The largest absolute Gasteiger partial charge is 0.361 e. The molecular formula is C23H23N5O. The summed E-state index contributed by atoms with van der Waals surface area (Å²) in [4.78, 5) is 17.7. The zero-order chi connectivity index (χ0) is 20.1. The molecule has 0 fully saturated rings. The van der Waals surface area contributed by atoms with E-state index in [1.165, 1.54) is 10.9 Å². The zero-order valence-corrected chi connectivity index (χ0v) is 16.3. The standard InChI is InChI=1S/C23H23N5O/c1-2-28(18-8-4-3-5-9-18)22-13-12-21(26-27-22)23(29)24-15-14-17-16-25-20-11-7-6-10-19(17)20/h3-13,16,25H,2,14-15H2,1H3,(H,24,29). The van der Waals surface area contributed by atoms with Gasteiger partial charge in [0.2, 0.25) is 0 Å². The molecular weight excluding hydrogens is 362 g/mol. The number of rotatable bonds is 7. The van der Waals surface area contributed by atoms with Gasteiger partial charge in [0.1, 0.15) is 0 Å². The van der Waals surface area contributed by atoms with Gasteiger partial charge in [-0.25, -0.2) is 0 Å². The molecule has 146 valence electrons. The molecule has 0 saturated carbocycles. The van der Waals surface area contributed by atoms with Crippen molar-refractivity contribution in [2.45, 2.75) is 13.3 Å². The molecule has 0 aliphatic rings. The highest BCUT2D eigenvalue weighted by Gasteiger charge is 2.12. The quantitative estimate of drug-likeness (QED) is 0.503. The van der Waals surface area contributed by atoms with Gasteiger partial charge in [0.25, 0.3) is 5.91 Å². The molecule has 0 radical (unpaired) electrons. The number of fused-ring (bicyclic) bond motifs is 1. The Bertz CT molecular complexity index is 1090. The smallest absolute Gasteiger partial charge is 0.271 e. The van der Waals surface area contributed by atoms with Crippen LogP contribution in [0.1, 0.15) is 23.0 Å². The van der Waals surface area contributed by atoms with Crippen LogP contribution in [0.15, 0.2) is 72.9 Å². The van der Waals surface area contributed by atoms with Crippen molar-refractivity contribution < 1.29 is 4.79 Å². The molecule has 4 rings (SSSR count). The average Bonchev–Trinajstić information content (AvgIpc) is 3.19. The molecule has 0 saturated heterocycles. The summed E-state index contributed by atoms with van der Waals surface area (Å²) in [6, 6.07) is 21.7. The molecule has 0 atom stereocenters. The molecule has 4 aromatic rings. The van der Waals surface area contributed by atoms with Crippen LogP contribution >= 0.6 is 0 Å². The van der Waals surface area contributed by atoms with E-state index >= 15 is 0 Å². The second-order valence-electron chi connectivity index (χ2n) is 6.72. The number of nitrogens with zero attached hydrogens (tertiary/aromatic N) is 3. The molecule has 2 heterocycles. The zero-order valence-electron chi connectivity index (χ0n) is 16.3. The van der Waals surface area contributed by atoms with Crippen molar-refractivity contribution in [3.8, 4) is 0 Å². The number of anilines is 2. The van der Waals surface area contributed by atoms with Gasteiger partial charge in [-0.1, -0.05) is 36.4 Å². The van der Waals surface area contributed by atoms with Crippen LogP contribution in [0.2, 0.25) is 0 Å². The van der Waals surface area contributed by atoms with Gasteiger partial charge in [-0.3, -0.25) is 4.79 Å². The number of benzene rings is 2. The lowest BCUT2D eigenvalue weighted by Gasteiger charge is -2.21. The van der Waals surface area contributed by atoms with Gasteiger partial charge in [0, 0.05) is 35.9 Å². The van der Waals surface area contributed by atoms with Crippen LogP contribution in [0.4, 0.5) is 11.5 Å². The van der Waals surface area contributed by atoms with E-state index in [1.54, 1.807) is 6.07 Å². The first-order valence-electron chi connectivity index (χ1n) is 9.76. The first-order chi connectivity index (χ1) is 14.3. The van der Waals surface area contributed by atoms with Crippen molar-refractivity contribution >= 4 is 28.3 Å². The predicted octanol–water partition coefficient (Wildman–Crippen LogP) is 4.09. The number of nitrogens with one attached hydrogen (secondary N) is 2. The number of hydrogen-bond donors (Lipinski definition) is 2. The maximum Gasteiger partial charge on any atom is 0.271 e. The highest BCUT2D eigenvalue weighted by Crippen LogP contribution is 2.22. The van der Waals surface area contributed by atoms with Gasteiger partial charge < -0.3 is 15.2 Å². The lowest BCUT2D eigenvalue weighted by Crippen LogP contribution is -2.27. The van der Waals surface area contributed by atoms with Gasteiger partial charge in [-0.2, -0.15) is 0 Å². The monoisotopic (exact) mass is 385 g/mol. The Morgan fingerprint density at radius 3 is 2.55 bits per heavy atom. The molecule has 0 bridgehead atoms. The van der Waals surface area contributed by atoms with Crippen molar-refractivity contribution in [2.75, 3.05) is 18.0 Å². The van der Waals surface area contributed by atoms with E-state index in [4.69, 9.17) is 0 Å². The number of aromatic nitrogens is 3. The maximum absolute atomic E-state index is 12.4. The summed E-state index contributed by atoms with van der Waals surface area (Å²) in [5, 5.41) is 12.5. The summed E-state index contributed by atoms with van der Waals surface area (Å²) in [6.45, 7) is 3.35. The second kappa shape index (κ2) is 8.56. The highest BCUT2D eigenvalue weighted by molar-refractivity contribution is 5.92. The number of amides is 1. The van der Waals surface area contributed by atoms with Crippen LogP contribution in [0.25, 0.3) is 10.9 Å². The van der Waals surface area contributed by atoms with Crippen LogP contribution in [0.3, 0.4) is 0 Å². The Labute approximate surface area is 169 Å². The van der Waals surface area contributed by atoms with Gasteiger partial charge in [0.15, 0.2) is 11.5 Å². The minimum Gasteiger partial charge on any atom is -0.361 e. The molecule has 1 amide bonds. The number of carbonyl (C=O) groups excluding carboxylic acids is 1. The van der Waals surface area contributed by atoms with Crippen molar-refractivity contribution in [1.82, 2.24) is 20.5 Å². The van der Waals surface area contributed by atoms with E-state index in [0.717, 1.165) is 24.2 Å². The first kappa shape index (κ1) is 18.7. The lowest BCUT2D eigenvalue weighted by atomic mass is 10.1. The van der Waals surface area contributed by atoms with E-state index < -0.39 is 0 Å². The Morgan fingerprint density at radius 1 is 1.00 bits per heavy atom. The maximum atomic E-state index is 12.4. The molecule has 6 heteroatoms. The van der Waals surface area contributed by atoms with Crippen molar-refractivity contribution in [3.05, 3.63) is 84.2 Å². The average molecular weight is 385 g/mol. The number of para-hydroxylation sites is 2. The number of carbonyl (C=O) groups is 1. The molecule has 0 aliphatic heterocycles.